The van der Waals surface area contributed by atoms with Crippen molar-refractivity contribution in [1.29, 1.82) is 0 Å². The predicted molar refractivity (Wildman–Crippen MR) is 79.5 cm³/mol. The fraction of sp³-hybridized carbons (Fsp3) is 0.467. The molecule has 1 unspecified atom stereocenters. The van der Waals surface area contributed by atoms with Crippen molar-refractivity contribution in [2.75, 3.05) is 23.7 Å². The maximum absolute atomic E-state index is 12.0. The molecular formula is C15H21N3O2. The van der Waals surface area contributed by atoms with Gasteiger partial charge in [-0.2, -0.15) is 0 Å². The average molecular weight is 275 g/mol. The first-order chi connectivity index (χ1) is 9.60. The zero-order valence-electron chi connectivity index (χ0n) is 11.9. The Morgan fingerprint density at radius 1 is 1.20 bits per heavy atom. The topological polar surface area (TPSA) is 70.2 Å². The van der Waals surface area contributed by atoms with E-state index >= 15 is 0 Å². The molecule has 0 spiro atoms. The van der Waals surface area contributed by atoms with Gasteiger partial charge in [0.15, 0.2) is 0 Å². The Balaban J connectivity index is 1.89. The van der Waals surface area contributed by atoms with E-state index in [0.29, 0.717) is 12.3 Å². The number of nitrogens with one attached hydrogen (secondary N) is 3. The molecule has 2 rings (SSSR count). The van der Waals surface area contributed by atoms with Gasteiger partial charge in [0, 0.05) is 23.7 Å². The van der Waals surface area contributed by atoms with E-state index in [2.05, 4.69) is 16.0 Å². The molecular weight excluding hydrogens is 254 g/mol. The summed E-state index contributed by atoms with van der Waals surface area (Å²) in [5, 5.41) is 8.85. The van der Waals surface area contributed by atoms with Crippen LogP contribution in [0.4, 0.5) is 11.4 Å². The SMILES string of the molecule is CCC(=O)Nc1ccc(NC(=O)C(C)C2CNC2)cc1. The number of hydrogen-bond acceptors (Lipinski definition) is 3. The van der Waals surface area contributed by atoms with Crippen LogP contribution in [0, 0.1) is 11.8 Å². The van der Waals surface area contributed by atoms with Crippen LogP contribution in [-0.4, -0.2) is 24.9 Å². The maximum Gasteiger partial charge on any atom is 0.227 e. The highest BCUT2D eigenvalue weighted by atomic mass is 16.2. The molecule has 108 valence electrons. The lowest BCUT2D eigenvalue weighted by Gasteiger charge is -2.31. The second-order valence-corrected chi connectivity index (χ2v) is 5.18. The predicted octanol–water partition coefficient (Wildman–Crippen LogP) is 1.83. The van der Waals surface area contributed by atoms with Crippen molar-refractivity contribution < 1.29 is 9.59 Å². The van der Waals surface area contributed by atoms with E-state index < -0.39 is 0 Å². The molecule has 2 amide bonds. The van der Waals surface area contributed by atoms with Gasteiger partial charge in [-0.1, -0.05) is 13.8 Å². The van der Waals surface area contributed by atoms with Crippen molar-refractivity contribution in [3.63, 3.8) is 0 Å². The Kier molecular flexibility index (Phi) is 4.74. The van der Waals surface area contributed by atoms with E-state index in [-0.39, 0.29) is 17.7 Å². The largest absolute Gasteiger partial charge is 0.326 e. The lowest BCUT2D eigenvalue weighted by Crippen LogP contribution is -2.48. The molecule has 1 saturated heterocycles. The van der Waals surface area contributed by atoms with Crippen molar-refractivity contribution in [2.45, 2.75) is 20.3 Å². The first-order valence-electron chi connectivity index (χ1n) is 7.01. The standard InChI is InChI=1S/C15H21N3O2/c1-3-14(19)17-12-4-6-13(7-5-12)18-15(20)10(2)11-8-16-9-11/h4-7,10-11,16H,3,8-9H2,1-2H3,(H,17,19)(H,18,20). The van der Waals surface area contributed by atoms with Crippen molar-refractivity contribution in [2.24, 2.45) is 11.8 Å². The number of carbonyl (C=O) groups excluding carboxylic acids is 2. The molecule has 1 aliphatic heterocycles. The Hall–Kier alpha value is -1.88. The van der Waals surface area contributed by atoms with Gasteiger partial charge in [0.2, 0.25) is 11.8 Å². The molecule has 1 fully saturated rings. The summed E-state index contributed by atoms with van der Waals surface area (Å²) in [7, 11) is 0. The molecule has 1 atom stereocenters. The maximum atomic E-state index is 12.0. The summed E-state index contributed by atoms with van der Waals surface area (Å²) in [6.07, 6.45) is 0.450. The lowest BCUT2D eigenvalue weighted by atomic mass is 9.88. The smallest absolute Gasteiger partial charge is 0.227 e. The second-order valence-electron chi connectivity index (χ2n) is 5.18. The quantitative estimate of drug-likeness (QED) is 0.768. The third kappa shape index (κ3) is 3.57. The van der Waals surface area contributed by atoms with Gasteiger partial charge in [0.05, 0.1) is 0 Å². The zero-order chi connectivity index (χ0) is 14.5. The van der Waals surface area contributed by atoms with Gasteiger partial charge in [0.1, 0.15) is 0 Å². The van der Waals surface area contributed by atoms with E-state index in [4.69, 9.17) is 0 Å². The van der Waals surface area contributed by atoms with Crippen LogP contribution in [0.15, 0.2) is 24.3 Å². The summed E-state index contributed by atoms with van der Waals surface area (Å²) in [5.74, 6) is 0.462. The minimum absolute atomic E-state index is 0.00993. The number of carbonyl (C=O) groups is 2. The lowest BCUT2D eigenvalue weighted by molar-refractivity contribution is -0.121. The first-order valence-corrected chi connectivity index (χ1v) is 7.01. The van der Waals surface area contributed by atoms with Gasteiger partial charge in [-0.3, -0.25) is 9.59 Å². The summed E-state index contributed by atoms with van der Waals surface area (Å²) >= 11 is 0. The van der Waals surface area contributed by atoms with E-state index in [1.54, 1.807) is 31.2 Å². The van der Waals surface area contributed by atoms with Gasteiger partial charge in [-0.25, -0.2) is 0 Å². The van der Waals surface area contributed by atoms with Crippen LogP contribution in [0.25, 0.3) is 0 Å². The molecule has 1 aromatic carbocycles. The highest BCUT2D eigenvalue weighted by Gasteiger charge is 2.28. The third-order valence-electron chi connectivity index (χ3n) is 3.69. The van der Waals surface area contributed by atoms with Crippen LogP contribution in [0.5, 0.6) is 0 Å². The van der Waals surface area contributed by atoms with Crippen LogP contribution in [0.3, 0.4) is 0 Å². The first kappa shape index (κ1) is 14.5. The number of anilines is 2. The number of amides is 2. The fourth-order valence-corrected chi connectivity index (χ4v) is 2.02. The van der Waals surface area contributed by atoms with E-state index in [9.17, 15) is 9.59 Å². The van der Waals surface area contributed by atoms with Crippen molar-refractivity contribution >= 4 is 23.2 Å². The third-order valence-corrected chi connectivity index (χ3v) is 3.69. The molecule has 3 N–H and O–H groups in total. The molecule has 1 heterocycles. The summed E-state index contributed by atoms with van der Waals surface area (Å²) in [6.45, 7) is 5.59. The minimum Gasteiger partial charge on any atom is -0.326 e. The summed E-state index contributed by atoms with van der Waals surface area (Å²) in [4.78, 5) is 23.3. The number of rotatable bonds is 5. The number of benzene rings is 1. The monoisotopic (exact) mass is 275 g/mol. The molecule has 20 heavy (non-hydrogen) atoms. The Labute approximate surface area is 119 Å². The molecule has 0 bridgehead atoms. The van der Waals surface area contributed by atoms with Gasteiger partial charge >= 0.3 is 0 Å². The summed E-state index contributed by atoms with van der Waals surface area (Å²) in [5.41, 5.74) is 1.50. The summed E-state index contributed by atoms with van der Waals surface area (Å²) < 4.78 is 0. The van der Waals surface area contributed by atoms with Crippen molar-refractivity contribution in [3.05, 3.63) is 24.3 Å². The summed E-state index contributed by atoms with van der Waals surface area (Å²) in [6, 6.07) is 7.18. The van der Waals surface area contributed by atoms with Gasteiger partial charge in [0.25, 0.3) is 0 Å². The highest BCUT2D eigenvalue weighted by molar-refractivity contribution is 5.94. The molecule has 1 aromatic rings. The van der Waals surface area contributed by atoms with E-state index in [1.807, 2.05) is 6.92 Å². The van der Waals surface area contributed by atoms with Crippen LogP contribution >= 0.6 is 0 Å². The molecule has 0 saturated carbocycles. The molecule has 0 aromatic heterocycles. The van der Waals surface area contributed by atoms with Crippen LogP contribution in [0.1, 0.15) is 20.3 Å². The van der Waals surface area contributed by atoms with Gasteiger partial charge in [-0.05, 0) is 43.3 Å². The Morgan fingerprint density at radius 3 is 2.20 bits per heavy atom. The van der Waals surface area contributed by atoms with Crippen LogP contribution < -0.4 is 16.0 Å². The normalized spacial score (nSPS) is 16.1. The van der Waals surface area contributed by atoms with E-state index in [0.717, 1.165) is 24.5 Å². The Bertz CT molecular complexity index is 480. The van der Waals surface area contributed by atoms with E-state index in [1.165, 1.54) is 0 Å². The van der Waals surface area contributed by atoms with Crippen molar-refractivity contribution in [1.82, 2.24) is 5.32 Å². The van der Waals surface area contributed by atoms with Crippen molar-refractivity contribution in [3.8, 4) is 0 Å². The second kappa shape index (κ2) is 6.52. The van der Waals surface area contributed by atoms with Crippen LogP contribution in [-0.2, 0) is 9.59 Å². The van der Waals surface area contributed by atoms with Gasteiger partial charge in [-0.15, -0.1) is 0 Å². The molecule has 0 aliphatic carbocycles. The van der Waals surface area contributed by atoms with Gasteiger partial charge < -0.3 is 16.0 Å². The minimum atomic E-state index is -0.0205. The number of hydrogen-bond donors (Lipinski definition) is 3. The van der Waals surface area contributed by atoms with Crippen LogP contribution in [0.2, 0.25) is 0 Å². The average Bonchev–Trinajstić information content (AvgIpc) is 2.38. The molecule has 5 heteroatoms. The zero-order valence-corrected chi connectivity index (χ0v) is 11.9. The molecule has 0 radical (unpaired) electrons. The molecule has 5 nitrogen and oxygen atoms in total. The highest BCUT2D eigenvalue weighted by Crippen LogP contribution is 2.19. The fourth-order valence-electron chi connectivity index (χ4n) is 2.02. The molecule has 1 aliphatic rings. The Morgan fingerprint density at radius 2 is 1.75 bits per heavy atom.